The van der Waals surface area contributed by atoms with Crippen LogP contribution in [0.4, 0.5) is 5.69 Å². The normalized spacial score (nSPS) is 10.8. The summed E-state index contributed by atoms with van der Waals surface area (Å²) in [7, 11) is 0. The van der Waals surface area contributed by atoms with Crippen LogP contribution in [0.15, 0.2) is 18.2 Å². The second-order valence-electron chi connectivity index (χ2n) is 3.96. The highest BCUT2D eigenvalue weighted by atomic mass is 16.5. The van der Waals surface area contributed by atoms with Gasteiger partial charge in [0.25, 0.3) is 0 Å². The summed E-state index contributed by atoms with van der Waals surface area (Å²) < 4.78 is 7.03. The van der Waals surface area contributed by atoms with Crippen molar-refractivity contribution in [3.05, 3.63) is 23.8 Å². The molecule has 6 nitrogen and oxygen atoms in total. The summed E-state index contributed by atoms with van der Waals surface area (Å²) >= 11 is 0. The van der Waals surface area contributed by atoms with E-state index < -0.39 is 0 Å². The lowest BCUT2D eigenvalue weighted by Gasteiger charge is -2.09. The van der Waals surface area contributed by atoms with E-state index in [0.29, 0.717) is 31.3 Å². The first kappa shape index (κ1) is 12.5. The highest BCUT2D eigenvalue weighted by molar-refractivity contribution is 5.74. The lowest BCUT2D eigenvalue weighted by Crippen LogP contribution is -2.10. The van der Waals surface area contributed by atoms with Crippen LogP contribution < -0.4 is 5.73 Å². The fraction of sp³-hybridized carbons (Fsp3) is 0.417. The van der Waals surface area contributed by atoms with Crippen molar-refractivity contribution < 1.29 is 4.74 Å². The van der Waals surface area contributed by atoms with E-state index in [4.69, 9.17) is 10.5 Å². The molecule has 0 unspecified atom stereocenters. The van der Waals surface area contributed by atoms with Crippen LogP contribution in [0.2, 0.25) is 0 Å². The van der Waals surface area contributed by atoms with Gasteiger partial charge >= 0.3 is 0 Å². The zero-order valence-electron chi connectivity index (χ0n) is 10.6. The molecular weight excluding hydrogens is 230 g/mol. The quantitative estimate of drug-likeness (QED) is 0.635. The standard InChI is InChI=1S/C12H17N5O/c1-3-18-8-7-17-12(14-15-16-17)11-9(2)5-4-6-10(11)13/h4-6H,3,7-8,13H2,1-2H3. The molecule has 96 valence electrons. The maximum absolute atomic E-state index is 6.00. The molecule has 1 aromatic carbocycles. The van der Waals surface area contributed by atoms with Gasteiger partial charge in [0, 0.05) is 17.9 Å². The summed E-state index contributed by atoms with van der Waals surface area (Å²) in [6, 6.07) is 5.76. The molecule has 2 N–H and O–H groups in total. The minimum Gasteiger partial charge on any atom is -0.398 e. The third-order valence-corrected chi connectivity index (χ3v) is 2.71. The molecule has 2 aromatic rings. The molecule has 0 saturated heterocycles. The van der Waals surface area contributed by atoms with E-state index in [9.17, 15) is 0 Å². The zero-order chi connectivity index (χ0) is 13.0. The number of aryl methyl sites for hydroxylation is 1. The van der Waals surface area contributed by atoms with Crippen molar-refractivity contribution >= 4 is 5.69 Å². The minimum atomic E-state index is 0.584. The highest BCUT2D eigenvalue weighted by Crippen LogP contribution is 2.26. The summed E-state index contributed by atoms with van der Waals surface area (Å²) in [5, 5.41) is 11.7. The molecule has 1 heterocycles. The molecule has 1 aromatic heterocycles. The molecule has 0 bridgehead atoms. The Balaban J connectivity index is 2.31. The van der Waals surface area contributed by atoms with E-state index in [-0.39, 0.29) is 0 Å². The Labute approximate surface area is 106 Å². The van der Waals surface area contributed by atoms with Crippen molar-refractivity contribution in [2.45, 2.75) is 20.4 Å². The Bertz CT molecular complexity index is 503. The molecule has 0 aliphatic rings. The van der Waals surface area contributed by atoms with Gasteiger partial charge < -0.3 is 10.5 Å². The van der Waals surface area contributed by atoms with Crippen LogP contribution >= 0.6 is 0 Å². The smallest absolute Gasteiger partial charge is 0.184 e. The first-order chi connectivity index (χ1) is 8.74. The Hall–Kier alpha value is -1.95. The van der Waals surface area contributed by atoms with Crippen LogP contribution in [0.5, 0.6) is 0 Å². The van der Waals surface area contributed by atoms with Gasteiger partial charge in [0.2, 0.25) is 0 Å². The van der Waals surface area contributed by atoms with Crippen molar-refractivity contribution in [2.75, 3.05) is 18.9 Å². The van der Waals surface area contributed by atoms with Crippen molar-refractivity contribution in [2.24, 2.45) is 0 Å². The second-order valence-corrected chi connectivity index (χ2v) is 3.96. The van der Waals surface area contributed by atoms with Gasteiger partial charge in [-0.05, 0) is 35.9 Å². The number of aromatic nitrogens is 4. The van der Waals surface area contributed by atoms with Gasteiger partial charge in [0.05, 0.1) is 13.2 Å². The van der Waals surface area contributed by atoms with Gasteiger partial charge in [0.1, 0.15) is 0 Å². The van der Waals surface area contributed by atoms with Gasteiger partial charge in [-0.25, -0.2) is 4.68 Å². The molecule has 2 rings (SSSR count). The van der Waals surface area contributed by atoms with E-state index in [1.54, 1.807) is 4.68 Å². The van der Waals surface area contributed by atoms with E-state index in [1.807, 2.05) is 32.0 Å². The van der Waals surface area contributed by atoms with Gasteiger partial charge in [-0.3, -0.25) is 0 Å². The molecule has 0 aliphatic carbocycles. The van der Waals surface area contributed by atoms with Gasteiger partial charge in [-0.1, -0.05) is 12.1 Å². The third kappa shape index (κ3) is 2.48. The van der Waals surface area contributed by atoms with Gasteiger partial charge in [0.15, 0.2) is 5.82 Å². The fourth-order valence-electron chi connectivity index (χ4n) is 1.83. The van der Waals surface area contributed by atoms with E-state index in [1.165, 1.54) is 0 Å². The molecular formula is C12H17N5O. The van der Waals surface area contributed by atoms with Crippen LogP contribution in [0, 0.1) is 6.92 Å². The molecule has 6 heteroatoms. The first-order valence-corrected chi connectivity index (χ1v) is 5.93. The predicted molar refractivity (Wildman–Crippen MR) is 68.9 cm³/mol. The number of hydrogen-bond acceptors (Lipinski definition) is 5. The number of nitrogen functional groups attached to an aromatic ring is 1. The van der Waals surface area contributed by atoms with E-state index >= 15 is 0 Å². The van der Waals surface area contributed by atoms with Crippen LogP contribution in [-0.4, -0.2) is 33.4 Å². The van der Waals surface area contributed by atoms with E-state index in [0.717, 1.165) is 11.1 Å². The van der Waals surface area contributed by atoms with Crippen LogP contribution in [0.1, 0.15) is 12.5 Å². The Morgan fingerprint density at radius 3 is 2.94 bits per heavy atom. The summed E-state index contributed by atoms with van der Waals surface area (Å²) in [4.78, 5) is 0. The number of rotatable bonds is 5. The van der Waals surface area contributed by atoms with Crippen molar-refractivity contribution in [1.82, 2.24) is 20.2 Å². The van der Waals surface area contributed by atoms with Crippen molar-refractivity contribution in [1.29, 1.82) is 0 Å². The monoisotopic (exact) mass is 247 g/mol. The molecule has 0 aliphatic heterocycles. The molecule has 0 saturated carbocycles. The minimum absolute atomic E-state index is 0.584. The maximum atomic E-state index is 6.00. The Morgan fingerprint density at radius 2 is 2.22 bits per heavy atom. The second kappa shape index (κ2) is 5.59. The molecule has 0 spiro atoms. The number of anilines is 1. The van der Waals surface area contributed by atoms with Crippen LogP contribution in [-0.2, 0) is 11.3 Å². The topological polar surface area (TPSA) is 78.8 Å². The molecule has 0 atom stereocenters. The number of ether oxygens (including phenoxy) is 1. The number of benzene rings is 1. The van der Waals surface area contributed by atoms with Crippen molar-refractivity contribution in [3.63, 3.8) is 0 Å². The average Bonchev–Trinajstić information content (AvgIpc) is 2.78. The number of tetrazole rings is 1. The van der Waals surface area contributed by atoms with Crippen molar-refractivity contribution in [3.8, 4) is 11.4 Å². The summed E-state index contributed by atoms with van der Waals surface area (Å²) in [6.07, 6.45) is 0. The zero-order valence-corrected chi connectivity index (χ0v) is 10.6. The third-order valence-electron chi connectivity index (χ3n) is 2.71. The largest absolute Gasteiger partial charge is 0.398 e. The number of hydrogen-bond donors (Lipinski definition) is 1. The molecule has 0 amide bonds. The lowest BCUT2D eigenvalue weighted by atomic mass is 10.1. The van der Waals surface area contributed by atoms with Crippen LogP contribution in [0.25, 0.3) is 11.4 Å². The van der Waals surface area contributed by atoms with Crippen LogP contribution in [0.3, 0.4) is 0 Å². The lowest BCUT2D eigenvalue weighted by molar-refractivity contribution is 0.136. The first-order valence-electron chi connectivity index (χ1n) is 5.93. The summed E-state index contributed by atoms with van der Waals surface area (Å²) in [6.45, 7) is 5.83. The van der Waals surface area contributed by atoms with E-state index in [2.05, 4.69) is 15.5 Å². The average molecular weight is 247 g/mol. The predicted octanol–water partition coefficient (Wildman–Crippen LogP) is 1.27. The number of nitrogens with zero attached hydrogens (tertiary/aromatic N) is 4. The Morgan fingerprint density at radius 1 is 1.39 bits per heavy atom. The SMILES string of the molecule is CCOCCn1nnnc1-c1c(C)cccc1N. The summed E-state index contributed by atoms with van der Waals surface area (Å²) in [5.74, 6) is 0.685. The van der Waals surface area contributed by atoms with Gasteiger partial charge in [-0.15, -0.1) is 5.10 Å². The number of nitrogens with two attached hydrogens (primary N) is 1. The maximum Gasteiger partial charge on any atom is 0.184 e. The highest BCUT2D eigenvalue weighted by Gasteiger charge is 2.13. The summed E-state index contributed by atoms with van der Waals surface area (Å²) in [5.41, 5.74) is 8.62. The molecule has 0 fully saturated rings. The fourth-order valence-corrected chi connectivity index (χ4v) is 1.83. The molecule has 18 heavy (non-hydrogen) atoms. The molecule has 0 radical (unpaired) electrons. The van der Waals surface area contributed by atoms with Gasteiger partial charge in [-0.2, -0.15) is 0 Å². The Kier molecular flexibility index (Phi) is 3.88.